The van der Waals surface area contributed by atoms with E-state index in [1.807, 2.05) is 0 Å². The highest BCUT2D eigenvalue weighted by Gasteiger charge is 2.16. The van der Waals surface area contributed by atoms with Crippen LogP contribution in [-0.2, 0) is 9.53 Å². The van der Waals surface area contributed by atoms with Gasteiger partial charge in [0.1, 0.15) is 5.82 Å². The van der Waals surface area contributed by atoms with E-state index in [1.54, 1.807) is 0 Å². The number of nitrogens with one attached hydrogen (secondary N) is 1. The van der Waals surface area contributed by atoms with E-state index >= 15 is 0 Å². The summed E-state index contributed by atoms with van der Waals surface area (Å²) in [5.74, 6) is -2.66. The van der Waals surface area contributed by atoms with Crippen LogP contribution in [-0.4, -0.2) is 23.4 Å². The predicted octanol–water partition coefficient (Wildman–Crippen LogP) is 3.84. The maximum Gasteiger partial charge on any atom is 0.341 e. The lowest BCUT2D eigenvalue weighted by Crippen LogP contribution is -2.21. The van der Waals surface area contributed by atoms with Crippen molar-refractivity contribution < 1.29 is 23.6 Å². The molecule has 0 aromatic heterocycles. The number of benzene rings is 2. The number of anilines is 1. The molecule has 10 heteroatoms. The largest absolute Gasteiger partial charge is 0.452 e. The number of rotatable bonds is 5. The summed E-state index contributed by atoms with van der Waals surface area (Å²) in [6.07, 6.45) is 0. The highest BCUT2D eigenvalue weighted by atomic mass is 35.5. The lowest BCUT2D eigenvalue weighted by atomic mass is 10.2. The quantitative estimate of drug-likeness (QED) is 0.478. The maximum atomic E-state index is 13.5. The molecule has 7 nitrogen and oxygen atoms in total. The normalized spacial score (nSPS) is 10.2. The molecular formula is C15H9Cl2FN2O5. The fraction of sp³-hybridized carbons (Fsp3) is 0.0667. The van der Waals surface area contributed by atoms with Crippen molar-refractivity contribution in [2.75, 3.05) is 11.9 Å². The molecule has 2 rings (SSSR count). The van der Waals surface area contributed by atoms with Gasteiger partial charge in [0.25, 0.3) is 11.6 Å². The minimum absolute atomic E-state index is 0.0604. The summed E-state index contributed by atoms with van der Waals surface area (Å²) in [4.78, 5) is 33.5. The third-order valence-corrected chi connectivity index (χ3v) is 3.47. The number of halogens is 3. The Labute approximate surface area is 150 Å². The average Bonchev–Trinajstić information content (AvgIpc) is 2.56. The second-order valence-corrected chi connectivity index (χ2v) is 5.51. The van der Waals surface area contributed by atoms with E-state index in [0.29, 0.717) is 0 Å². The first-order chi connectivity index (χ1) is 11.8. The molecule has 130 valence electrons. The topological polar surface area (TPSA) is 98.5 Å². The van der Waals surface area contributed by atoms with E-state index in [1.165, 1.54) is 12.1 Å². The van der Waals surface area contributed by atoms with Crippen molar-refractivity contribution in [2.45, 2.75) is 0 Å². The van der Waals surface area contributed by atoms with Crippen molar-refractivity contribution >= 4 is 46.5 Å². The van der Waals surface area contributed by atoms with E-state index < -0.39 is 34.8 Å². The number of nitrogens with zero attached hydrogens (tertiary/aromatic N) is 1. The zero-order valence-corrected chi connectivity index (χ0v) is 13.8. The number of amides is 1. The van der Waals surface area contributed by atoms with Crippen molar-refractivity contribution in [1.82, 2.24) is 0 Å². The summed E-state index contributed by atoms with van der Waals surface area (Å²) in [6, 6.07) is 6.77. The van der Waals surface area contributed by atoms with Gasteiger partial charge in [0.15, 0.2) is 6.61 Å². The van der Waals surface area contributed by atoms with Crippen molar-refractivity contribution in [3.8, 4) is 0 Å². The first-order valence-electron chi connectivity index (χ1n) is 6.64. The van der Waals surface area contributed by atoms with Crippen LogP contribution in [0.5, 0.6) is 0 Å². The van der Waals surface area contributed by atoms with Gasteiger partial charge in [0.05, 0.1) is 21.2 Å². The standard InChI is InChI=1S/C15H9Cl2FN2O5/c16-8-1-3-12(18)10(5-8)15(22)25-7-14(21)19-13-4-2-9(20(23)24)6-11(13)17/h1-6H,7H2,(H,19,21). The molecule has 2 aromatic rings. The first kappa shape index (κ1) is 18.6. The van der Waals surface area contributed by atoms with Crippen LogP contribution in [0, 0.1) is 15.9 Å². The highest BCUT2D eigenvalue weighted by Crippen LogP contribution is 2.26. The van der Waals surface area contributed by atoms with Crippen LogP contribution < -0.4 is 5.32 Å². The van der Waals surface area contributed by atoms with Gasteiger partial charge < -0.3 is 10.1 Å². The zero-order chi connectivity index (χ0) is 18.6. The highest BCUT2D eigenvalue weighted by molar-refractivity contribution is 6.34. The SMILES string of the molecule is O=C(COC(=O)c1cc(Cl)ccc1F)Nc1ccc([N+](=O)[O-])cc1Cl. The van der Waals surface area contributed by atoms with E-state index in [9.17, 15) is 24.1 Å². The number of hydrogen-bond acceptors (Lipinski definition) is 5. The summed E-state index contributed by atoms with van der Waals surface area (Å²) in [5, 5.41) is 13.0. The monoisotopic (exact) mass is 386 g/mol. The van der Waals surface area contributed by atoms with Crippen LogP contribution in [0.1, 0.15) is 10.4 Å². The fourth-order valence-corrected chi connectivity index (χ4v) is 2.16. The van der Waals surface area contributed by atoms with Gasteiger partial charge in [-0.2, -0.15) is 0 Å². The smallest absolute Gasteiger partial charge is 0.341 e. The Balaban J connectivity index is 1.98. The molecule has 25 heavy (non-hydrogen) atoms. The third-order valence-electron chi connectivity index (χ3n) is 2.92. The minimum atomic E-state index is -1.06. The van der Waals surface area contributed by atoms with Crippen molar-refractivity contribution in [3.05, 3.63) is 67.9 Å². The predicted molar refractivity (Wildman–Crippen MR) is 88.4 cm³/mol. The van der Waals surface area contributed by atoms with Crippen LogP contribution in [0.2, 0.25) is 10.0 Å². The van der Waals surface area contributed by atoms with Crippen molar-refractivity contribution in [3.63, 3.8) is 0 Å². The van der Waals surface area contributed by atoms with E-state index in [-0.39, 0.29) is 21.4 Å². The number of carbonyl (C=O) groups excluding carboxylic acids is 2. The number of nitro benzene ring substituents is 1. The summed E-state index contributed by atoms with van der Waals surface area (Å²) in [5.41, 5.74) is -0.554. The number of non-ortho nitro benzene ring substituents is 1. The molecule has 0 heterocycles. The van der Waals surface area contributed by atoms with Crippen LogP contribution in [0.3, 0.4) is 0 Å². The number of nitro groups is 1. The van der Waals surface area contributed by atoms with Crippen molar-refractivity contribution in [1.29, 1.82) is 0 Å². The number of esters is 1. The van der Waals surface area contributed by atoms with Gasteiger partial charge in [-0.3, -0.25) is 14.9 Å². The molecule has 0 aliphatic carbocycles. The Morgan fingerprint density at radius 1 is 1.20 bits per heavy atom. The Morgan fingerprint density at radius 2 is 1.92 bits per heavy atom. The molecular weight excluding hydrogens is 378 g/mol. The number of carbonyl (C=O) groups is 2. The average molecular weight is 387 g/mol. The lowest BCUT2D eigenvalue weighted by Gasteiger charge is -2.08. The Kier molecular flexibility index (Phi) is 5.89. The van der Waals surface area contributed by atoms with Gasteiger partial charge in [-0.05, 0) is 24.3 Å². The van der Waals surface area contributed by atoms with Gasteiger partial charge in [-0.25, -0.2) is 9.18 Å². The molecule has 1 N–H and O–H groups in total. The van der Waals surface area contributed by atoms with E-state index in [0.717, 1.165) is 24.3 Å². The molecule has 0 atom stereocenters. The Hall–Kier alpha value is -2.71. The molecule has 2 aromatic carbocycles. The second kappa shape index (κ2) is 7.91. The van der Waals surface area contributed by atoms with Gasteiger partial charge in [-0.15, -0.1) is 0 Å². The summed E-state index contributed by atoms with van der Waals surface area (Å²) in [6.45, 7) is -0.710. The minimum Gasteiger partial charge on any atom is -0.452 e. The number of ether oxygens (including phenoxy) is 1. The molecule has 0 bridgehead atoms. The van der Waals surface area contributed by atoms with E-state index in [4.69, 9.17) is 27.9 Å². The molecule has 0 aliphatic rings. The van der Waals surface area contributed by atoms with Crippen LogP contribution in [0.4, 0.5) is 15.8 Å². The van der Waals surface area contributed by atoms with Crippen molar-refractivity contribution in [2.24, 2.45) is 0 Å². The molecule has 0 radical (unpaired) electrons. The van der Waals surface area contributed by atoms with E-state index in [2.05, 4.69) is 5.32 Å². The van der Waals surface area contributed by atoms with Gasteiger partial charge in [0, 0.05) is 17.2 Å². The lowest BCUT2D eigenvalue weighted by molar-refractivity contribution is -0.384. The number of hydrogen-bond donors (Lipinski definition) is 1. The molecule has 0 spiro atoms. The first-order valence-corrected chi connectivity index (χ1v) is 7.39. The Morgan fingerprint density at radius 3 is 2.56 bits per heavy atom. The molecule has 0 aliphatic heterocycles. The van der Waals surface area contributed by atoms with Crippen LogP contribution >= 0.6 is 23.2 Å². The second-order valence-electron chi connectivity index (χ2n) is 4.67. The summed E-state index contributed by atoms with van der Waals surface area (Å²) < 4.78 is 18.2. The molecule has 0 fully saturated rings. The Bertz CT molecular complexity index is 860. The van der Waals surface area contributed by atoms with Gasteiger partial charge in [-0.1, -0.05) is 23.2 Å². The van der Waals surface area contributed by atoms with Gasteiger partial charge in [0.2, 0.25) is 0 Å². The summed E-state index contributed by atoms with van der Waals surface area (Å²) in [7, 11) is 0. The fourth-order valence-electron chi connectivity index (χ4n) is 1.77. The van der Waals surface area contributed by atoms with Gasteiger partial charge >= 0.3 is 5.97 Å². The van der Waals surface area contributed by atoms with Crippen LogP contribution in [0.25, 0.3) is 0 Å². The van der Waals surface area contributed by atoms with Crippen LogP contribution in [0.15, 0.2) is 36.4 Å². The molecule has 0 saturated heterocycles. The molecule has 0 saturated carbocycles. The molecule has 1 amide bonds. The zero-order valence-electron chi connectivity index (χ0n) is 12.3. The maximum absolute atomic E-state index is 13.5. The third kappa shape index (κ3) is 4.88. The molecule has 0 unspecified atom stereocenters. The summed E-state index contributed by atoms with van der Waals surface area (Å²) >= 11 is 11.5.